The van der Waals surface area contributed by atoms with Crippen LogP contribution in [-0.4, -0.2) is 19.1 Å². The van der Waals surface area contributed by atoms with Crippen LogP contribution in [0.3, 0.4) is 0 Å². The molecule has 2 nitrogen and oxygen atoms in total. The minimum atomic E-state index is 0.270. The third-order valence-electron chi connectivity index (χ3n) is 4.57. The van der Waals surface area contributed by atoms with Crippen molar-refractivity contribution in [2.24, 2.45) is 0 Å². The first-order valence-corrected chi connectivity index (χ1v) is 8.04. The lowest BCUT2D eigenvalue weighted by atomic mass is 9.79. The number of nitrogens with one attached hydrogen (secondary N) is 1. The van der Waals surface area contributed by atoms with Gasteiger partial charge in [-0.05, 0) is 56.8 Å². The van der Waals surface area contributed by atoms with Crippen LogP contribution >= 0.6 is 0 Å². The second-order valence-electron chi connectivity index (χ2n) is 6.85. The molecule has 0 saturated heterocycles. The summed E-state index contributed by atoms with van der Waals surface area (Å²) in [6.07, 6.45) is 3.78. The van der Waals surface area contributed by atoms with Crippen molar-refractivity contribution in [3.8, 4) is 0 Å². The van der Waals surface area contributed by atoms with Gasteiger partial charge in [0, 0.05) is 24.3 Å². The number of unbranched alkanes of at least 4 members (excludes halogenated alkanes) is 1. The summed E-state index contributed by atoms with van der Waals surface area (Å²) in [6, 6.07) is 7.03. The molecule has 0 spiro atoms. The van der Waals surface area contributed by atoms with Crippen molar-refractivity contribution in [3.63, 3.8) is 0 Å². The highest BCUT2D eigenvalue weighted by atomic mass is 15.2. The van der Waals surface area contributed by atoms with Crippen LogP contribution in [0.4, 0.5) is 5.69 Å². The van der Waals surface area contributed by atoms with Gasteiger partial charge in [0.25, 0.3) is 0 Å². The molecule has 1 aromatic rings. The van der Waals surface area contributed by atoms with Gasteiger partial charge < -0.3 is 10.2 Å². The number of nitrogens with zero attached hydrogens (tertiary/aromatic N) is 1. The molecule has 112 valence electrons. The van der Waals surface area contributed by atoms with Crippen LogP contribution in [0.5, 0.6) is 0 Å². The molecule has 2 rings (SSSR count). The maximum absolute atomic E-state index is 3.25. The number of hydrogen-bond donors (Lipinski definition) is 1. The quantitative estimate of drug-likeness (QED) is 0.861. The maximum atomic E-state index is 3.25. The van der Waals surface area contributed by atoms with Gasteiger partial charge in [0.1, 0.15) is 0 Å². The molecule has 1 aliphatic rings. The lowest BCUT2D eigenvalue weighted by Crippen LogP contribution is -2.48. The van der Waals surface area contributed by atoms with Gasteiger partial charge in [0.2, 0.25) is 0 Å². The standard InChI is InChI=1S/C18H30N2/c1-6-7-10-20-17-9-8-15(13-19-5)11-16(17)14(2)12-18(20,3)4/h8-9,11,14,19H,6-7,10,12-13H2,1-5H3/t14-/m1/s1. The number of fused-ring (bicyclic) bond motifs is 1. The number of benzene rings is 1. The van der Waals surface area contributed by atoms with Gasteiger partial charge in [-0.25, -0.2) is 0 Å². The monoisotopic (exact) mass is 274 g/mol. The Morgan fingerprint density at radius 2 is 2.10 bits per heavy atom. The van der Waals surface area contributed by atoms with Crippen molar-refractivity contribution < 1.29 is 0 Å². The van der Waals surface area contributed by atoms with Crippen LogP contribution in [0.25, 0.3) is 0 Å². The molecule has 0 aromatic heterocycles. The average Bonchev–Trinajstić information content (AvgIpc) is 2.38. The van der Waals surface area contributed by atoms with E-state index in [9.17, 15) is 0 Å². The van der Waals surface area contributed by atoms with Gasteiger partial charge in [-0.1, -0.05) is 32.4 Å². The van der Waals surface area contributed by atoms with Crippen LogP contribution in [-0.2, 0) is 6.54 Å². The van der Waals surface area contributed by atoms with Crippen LogP contribution in [0.2, 0.25) is 0 Å². The molecule has 0 aliphatic carbocycles. The fourth-order valence-electron chi connectivity index (χ4n) is 3.59. The molecule has 0 fully saturated rings. The molecule has 20 heavy (non-hydrogen) atoms. The third-order valence-corrected chi connectivity index (χ3v) is 4.57. The first kappa shape index (κ1) is 15.4. The van der Waals surface area contributed by atoms with Crippen molar-refractivity contribution >= 4 is 5.69 Å². The largest absolute Gasteiger partial charge is 0.366 e. The molecule has 0 bridgehead atoms. The van der Waals surface area contributed by atoms with Crippen molar-refractivity contribution in [2.75, 3.05) is 18.5 Å². The Kier molecular flexibility index (Phi) is 4.74. The Balaban J connectivity index is 2.37. The van der Waals surface area contributed by atoms with Crippen LogP contribution in [0.1, 0.15) is 64.0 Å². The molecule has 1 atom stereocenters. The second-order valence-corrected chi connectivity index (χ2v) is 6.85. The predicted molar refractivity (Wildman–Crippen MR) is 88.6 cm³/mol. The lowest BCUT2D eigenvalue weighted by molar-refractivity contribution is 0.373. The number of hydrogen-bond acceptors (Lipinski definition) is 2. The summed E-state index contributed by atoms with van der Waals surface area (Å²) < 4.78 is 0. The molecule has 0 saturated carbocycles. The zero-order valence-electron chi connectivity index (χ0n) is 13.8. The highest BCUT2D eigenvalue weighted by Gasteiger charge is 2.35. The molecule has 0 radical (unpaired) electrons. The Hall–Kier alpha value is -1.02. The summed E-state index contributed by atoms with van der Waals surface area (Å²) >= 11 is 0. The van der Waals surface area contributed by atoms with Crippen LogP contribution < -0.4 is 10.2 Å². The molecule has 1 aliphatic heterocycles. The van der Waals surface area contributed by atoms with Gasteiger partial charge >= 0.3 is 0 Å². The Labute approximate surface area is 124 Å². The highest BCUT2D eigenvalue weighted by Crippen LogP contribution is 2.43. The zero-order valence-corrected chi connectivity index (χ0v) is 13.8. The van der Waals surface area contributed by atoms with Gasteiger partial charge in [-0.15, -0.1) is 0 Å². The van der Waals surface area contributed by atoms with E-state index in [0.717, 1.165) is 6.54 Å². The van der Waals surface area contributed by atoms with E-state index in [1.54, 1.807) is 0 Å². The number of rotatable bonds is 5. The minimum absolute atomic E-state index is 0.270. The molecule has 0 unspecified atom stereocenters. The highest BCUT2D eigenvalue weighted by molar-refractivity contribution is 5.60. The lowest BCUT2D eigenvalue weighted by Gasteiger charge is -2.48. The van der Waals surface area contributed by atoms with Crippen LogP contribution in [0, 0.1) is 0 Å². The second kappa shape index (κ2) is 6.17. The first-order chi connectivity index (χ1) is 9.49. The van der Waals surface area contributed by atoms with Gasteiger partial charge in [0.05, 0.1) is 0 Å². The predicted octanol–water partition coefficient (Wildman–Crippen LogP) is 4.30. The van der Waals surface area contributed by atoms with Gasteiger partial charge in [-0.3, -0.25) is 0 Å². The Morgan fingerprint density at radius 1 is 1.35 bits per heavy atom. The van der Waals surface area contributed by atoms with Gasteiger partial charge in [0.15, 0.2) is 0 Å². The Morgan fingerprint density at radius 3 is 2.75 bits per heavy atom. The summed E-state index contributed by atoms with van der Waals surface area (Å²) in [5.41, 5.74) is 4.66. The molecule has 1 aromatic carbocycles. The smallest absolute Gasteiger partial charge is 0.0406 e. The minimum Gasteiger partial charge on any atom is -0.366 e. The van der Waals surface area contributed by atoms with E-state index >= 15 is 0 Å². The first-order valence-electron chi connectivity index (χ1n) is 8.04. The number of anilines is 1. The van der Waals surface area contributed by atoms with Crippen molar-refractivity contribution in [1.82, 2.24) is 5.32 Å². The SMILES string of the molecule is CCCCN1c2ccc(CNC)cc2[C@H](C)CC1(C)C. The molecule has 0 amide bonds. The summed E-state index contributed by atoms with van der Waals surface area (Å²) in [5, 5.41) is 3.25. The van der Waals surface area contributed by atoms with E-state index < -0.39 is 0 Å². The molecule has 1 N–H and O–H groups in total. The third kappa shape index (κ3) is 3.01. The molecular weight excluding hydrogens is 244 g/mol. The van der Waals surface area contributed by atoms with Crippen molar-refractivity contribution in [2.45, 2.75) is 65.0 Å². The van der Waals surface area contributed by atoms with Crippen LogP contribution in [0.15, 0.2) is 18.2 Å². The van der Waals surface area contributed by atoms with E-state index in [1.807, 2.05) is 7.05 Å². The van der Waals surface area contributed by atoms with E-state index in [1.165, 1.54) is 42.6 Å². The Bertz CT molecular complexity index is 451. The summed E-state index contributed by atoms with van der Waals surface area (Å²) in [5.74, 6) is 0.648. The molecular formula is C18H30N2. The topological polar surface area (TPSA) is 15.3 Å². The average molecular weight is 274 g/mol. The fourth-order valence-corrected chi connectivity index (χ4v) is 3.59. The maximum Gasteiger partial charge on any atom is 0.0406 e. The summed E-state index contributed by atoms with van der Waals surface area (Å²) in [4.78, 5) is 2.63. The van der Waals surface area contributed by atoms with Gasteiger partial charge in [-0.2, -0.15) is 0 Å². The van der Waals surface area contributed by atoms with Crippen molar-refractivity contribution in [1.29, 1.82) is 0 Å². The van der Waals surface area contributed by atoms with E-state index in [0.29, 0.717) is 5.92 Å². The summed E-state index contributed by atoms with van der Waals surface area (Å²) in [6.45, 7) is 11.6. The normalized spacial score (nSPS) is 20.9. The van der Waals surface area contributed by atoms with E-state index in [-0.39, 0.29) is 5.54 Å². The van der Waals surface area contributed by atoms with Crippen molar-refractivity contribution in [3.05, 3.63) is 29.3 Å². The summed E-state index contributed by atoms with van der Waals surface area (Å²) in [7, 11) is 2.01. The molecule has 1 heterocycles. The zero-order chi connectivity index (χ0) is 14.8. The fraction of sp³-hybridized carbons (Fsp3) is 0.667. The van der Waals surface area contributed by atoms with E-state index in [2.05, 4.69) is 56.1 Å². The van der Waals surface area contributed by atoms with E-state index in [4.69, 9.17) is 0 Å². The molecule has 2 heteroatoms.